The predicted molar refractivity (Wildman–Crippen MR) is 86.9 cm³/mol. The molecule has 132 valence electrons. The van der Waals surface area contributed by atoms with Gasteiger partial charge in [-0.25, -0.2) is 0 Å². The fourth-order valence-corrected chi connectivity index (χ4v) is 2.02. The van der Waals surface area contributed by atoms with Gasteiger partial charge in [-0.15, -0.1) is 12.4 Å². The van der Waals surface area contributed by atoms with Gasteiger partial charge in [-0.1, -0.05) is 0 Å². The Labute approximate surface area is 141 Å². The molecule has 0 aliphatic carbocycles. The molecule has 0 fully saturated rings. The average Bonchev–Trinajstić information content (AvgIpc) is 2.45. The second-order valence-electron chi connectivity index (χ2n) is 4.82. The van der Waals surface area contributed by atoms with Crippen LogP contribution in [0.2, 0.25) is 0 Å². The van der Waals surface area contributed by atoms with Crippen molar-refractivity contribution in [2.24, 2.45) is 0 Å². The second kappa shape index (κ2) is 11.2. The van der Waals surface area contributed by atoms with Crippen LogP contribution in [0.25, 0.3) is 0 Å². The van der Waals surface area contributed by atoms with E-state index in [-0.39, 0.29) is 24.1 Å². The number of benzene rings is 1. The van der Waals surface area contributed by atoms with E-state index in [4.69, 9.17) is 4.74 Å². The summed E-state index contributed by atoms with van der Waals surface area (Å²) >= 11 is 0. The molecule has 1 amide bonds. The lowest BCUT2D eigenvalue weighted by Gasteiger charge is -2.13. The lowest BCUT2D eigenvalue weighted by atomic mass is 10.1. The number of ether oxygens (including phenoxy) is 2. The van der Waals surface area contributed by atoms with E-state index in [1.54, 1.807) is 33.1 Å². The van der Waals surface area contributed by atoms with E-state index < -0.39 is 6.61 Å². The van der Waals surface area contributed by atoms with Crippen LogP contribution in [0.1, 0.15) is 21.5 Å². The van der Waals surface area contributed by atoms with Gasteiger partial charge in [0.05, 0.1) is 6.61 Å². The first-order valence-corrected chi connectivity index (χ1v) is 6.99. The van der Waals surface area contributed by atoms with Gasteiger partial charge in [-0.3, -0.25) is 4.79 Å². The molecule has 1 rings (SSSR count). The largest absolute Gasteiger partial charge is 0.434 e. The molecule has 0 spiro atoms. The minimum atomic E-state index is -2.88. The van der Waals surface area contributed by atoms with Crippen LogP contribution in [0, 0.1) is 13.8 Å². The van der Waals surface area contributed by atoms with E-state index in [0.29, 0.717) is 42.9 Å². The van der Waals surface area contributed by atoms with Gasteiger partial charge in [0.25, 0.3) is 5.91 Å². The number of aryl methyl sites for hydroxylation is 2. The third-order valence-corrected chi connectivity index (χ3v) is 3.00. The summed E-state index contributed by atoms with van der Waals surface area (Å²) in [4.78, 5) is 12.0. The normalized spacial score (nSPS) is 10.3. The first kappa shape index (κ1) is 21.6. The van der Waals surface area contributed by atoms with Gasteiger partial charge in [0.15, 0.2) is 0 Å². The summed E-state index contributed by atoms with van der Waals surface area (Å²) in [6.07, 6.45) is 0. The van der Waals surface area contributed by atoms with Gasteiger partial charge in [-0.05, 0) is 37.1 Å². The third kappa shape index (κ3) is 7.58. The number of rotatable bonds is 9. The van der Waals surface area contributed by atoms with Crippen molar-refractivity contribution in [3.63, 3.8) is 0 Å². The van der Waals surface area contributed by atoms with Crippen molar-refractivity contribution in [1.82, 2.24) is 10.6 Å². The Balaban J connectivity index is 0.00000484. The maximum Gasteiger partial charge on any atom is 0.387 e. The maximum atomic E-state index is 12.3. The summed E-state index contributed by atoms with van der Waals surface area (Å²) in [5.41, 5.74) is 1.43. The summed E-state index contributed by atoms with van der Waals surface area (Å²) in [6, 6.07) is 3.08. The number of carbonyl (C=O) groups is 1. The number of alkyl halides is 2. The van der Waals surface area contributed by atoms with Crippen molar-refractivity contribution >= 4 is 18.3 Å². The SMILES string of the molecule is COCCNCCNC(=O)c1cc(C)c(OC(F)F)c(C)c1.Cl. The fraction of sp³-hybridized carbons (Fsp3) is 0.533. The molecule has 1 aromatic rings. The van der Waals surface area contributed by atoms with E-state index in [2.05, 4.69) is 15.4 Å². The highest BCUT2D eigenvalue weighted by atomic mass is 35.5. The van der Waals surface area contributed by atoms with Crippen molar-refractivity contribution < 1.29 is 23.0 Å². The quantitative estimate of drug-likeness (QED) is 0.669. The number of carbonyl (C=O) groups excluding carboxylic acids is 1. The smallest absolute Gasteiger partial charge is 0.387 e. The van der Waals surface area contributed by atoms with E-state index in [1.165, 1.54) is 0 Å². The molecule has 1 aromatic carbocycles. The van der Waals surface area contributed by atoms with Gasteiger partial charge in [0, 0.05) is 32.3 Å². The van der Waals surface area contributed by atoms with Gasteiger partial charge < -0.3 is 20.1 Å². The minimum absolute atomic E-state index is 0. The molecule has 5 nitrogen and oxygen atoms in total. The number of methoxy groups -OCH3 is 1. The van der Waals surface area contributed by atoms with E-state index >= 15 is 0 Å². The van der Waals surface area contributed by atoms with Crippen molar-refractivity contribution in [1.29, 1.82) is 0 Å². The van der Waals surface area contributed by atoms with E-state index in [1.807, 2.05) is 0 Å². The molecule has 2 N–H and O–H groups in total. The summed E-state index contributed by atoms with van der Waals surface area (Å²) < 4.78 is 34.0. The van der Waals surface area contributed by atoms with Crippen LogP contribution in [0.5, 0.6) is 5.75 Å². The van der Waals surface area contributed by atoms with Gasteiger partial charge >= 0.3 is 6.61 Å². The molecule has 0 aliphatic rings. The lowest BCUT2D eigenvalue weighted by molar-refractivity contribution is -0.0507. The van der Waals surface area contributed by atoms with Crippen molar-refractivity contribution in [2.75, 3.05) is 33.4 Å². The van der Waals surface area contributed by atoms with Crippen LogP contribution < -0.4 is 15.4 Å². The maximum absolute atomic E-state index is 12.3. The van der Waals surface area contributed by atoms with E-state index in [0.717, 1.165) is 0 Å². The van der Waals surface area contributed by atoms with Crippen LogP contribution in [0.4, 0.5) is 8.78 Å². The second-order valence-corrected chi connectivity index (χ2v) is 4.82. The Bertz CT molecular complexity index is 479. The third-order valence-electron chi connectivity index (χ3n) is 3.00. The van der Waals surface area contributed by atoms with Gasteiger partial charge in [0.1, 0.15) is 5.75 Å². The number of hydrogen-bond donors (Lipinski definition) is 2. The average molecular weight is 353 g/mol. The molecule has 0 unspecified atom stereocenters. The molecule has 8 heteroatoms. The fourth-order valence-electron chi connectivity index (χ4n) is 2.02. The molecule has 0 atom stereocenters. The zero-order chi connectivity index (χ0) is 16.5. The zero-order valence-electron chi connectivity index (χ0n) is 13.4. The summed E-state index contributed by atoms with van der Waals surface area (Å²) in [5, 5.41) is 5.86. The summed E-state index contributed by atoms with van der Waals surface area (Å²) in [5.74, 6) is -0.129. The monoisotopic (exact) mass is 352 g/mol. The van der Waals surface area contributed by atoms with Crippen LogP contribution in [-0.4, -0.2) is 45.9 Å². The first-order valence-electron chi connectivity index (χ1n) is 6.99. The predicted octanol–water partition coefficient (Wildman–Crippen LogP) is 2.29. The molecular formula is C15H23ClF2N2O3. The Kier molecular flexibility index (Phi) is 10.5. The minimum Gasteiger partial charge on any atom is -0.434 e. The molecule has 0 saturated heterocycles. The first-order chi connectivity index (χ1) is 10.5. The van der Waals surface area contributed by atoms with Crippen molar-refractivity contribution in [2.45, 2.75) is 20.5 Å². The standard InChI is InChI=1S/C15H22F2N2O3.ClH/c1-10-8-12(9-11(2)13(10)22-15(16)17)14(20)19-5-4-18-6-7-21-3;/h8-9,15,18H,4-7H2,1-3H3,(H,19,20);1H. The Morgan fingerprint density at radius 3 is 2.30 bits per heavy atom. The van der Waals surface area contributed by atoms with Crippen molar-refractivity contribution in [3.05, 3.63) is 28.8 Å². The van der Waals surface area contributed by atoms with Crippen LogP contribution in [-0.2, 0) is 4.74 Å². The molecule has 0 heterocycles. The van der Waals surface area contributed by atoms with Crippen LogP contribution in [0.15, 0.2) is 12.1 Å². The number of hydrogen-bond acceptors (Lipinski definition) is 4. The topological polar surface area (TPSA) is 59.6 Å². The van der Waals surface area contributed by atoms with Gasteiger partial charge in [-0.2, -0.15) is 8.78 Å². The van der Waals surface area contributed by atoms with Gasteiger partial charge in [0.2, 0.25) is 0 Å². The number of amides is 1. The van der Waals surface area contributed by atoms with E-state index in [9.17, 15) is 13.6 Å². The number of nitrogens with one attached hydrogen (secondary N) is 2. The number of halogens is 3. The molecule has 0 aliphatic heterocycles. The van der Waals surface area contributed by atoms with Crippen LogP contribution in [0.3, 0.4) is 0 Å². The highest BCUT2D eigenvalue weighted by Gasteiger charge is 2.14. The Morgan fingerprint density at radius 1 is 1.17 bits per heavy atom. The highest BCUT2D eigenvalue weighted by molar-refractivity contribution is 5.94. The summed E-state index contributed by atoms with van der Waals surface area (Å²) in [6.45, 7) is 2.80. The molecular weight excluding hydrogens is 330 g/mol. The van der Waals surface area contributed by atoms with Crippen molar-refractivity contribution in [3.8, 4) is 5.75 Å². The Hall–Kier alpha value is -1.44. The molecule has 0 aromatic heterocycles. The Morgan fingerprint density at radius 2 is 1.78 bits per heavy atom. The molecule has 0 bridgehead atoms. The molecule has 23 heavy (non-hydrogen) atoms. The highest BCUT2D eigenvalue weighted by Crippen LogP contribution is 2.26. The zero-order valence-corrected chi connectivity index (χ0v) is 14.3. The molecule has 0 radical (unpaired) electrons. The molecule has 0 saturated carbocycles. The summed E-state index contributed by atoms with van der Waals surface area (Å²) in [7, 11) is 1.62. The lowest BCUT2D eigenvalue weighted by Crippen LogP contribution is -2.33. The van der Waals surface area contributed by atoms with Crippen LogP contribution >= 0.6 is 12.4 Å².